The van der Waals surface area contributed by atoms with Crippen molar-refractivity contribution >= 4 is 17.6 Å². The van der Waals surface area contributed by atoms with Crippen molar-refractivity contribution in [3.63, 3.8) is 0 Å². The van der Waals surface area contributed by atoms with Gasteiger partial charge in [-0.2, -0.15) is 9.78 Å². The van der Waals surface area contributed by atoms with Crippen LogP contribution in [0.3, 0.4) is 0 Å². The molecule has 1 aromatic carbocycles. The van der Waals surface area contributed by atoms with Gasteiger partial charge in [-0.15, -0.1) is 0 Å². The lowest BCUT2D eigenvalue weighted by Crippen LogP contribution is -2.23. The summed E-state index contributed by atoms with van der Waals surface area (Å²) in [6.45, 7) is 1.77. The number of aromatic hydroxyl groups is 1. The maximum absolute atomic E-state index is 11.8. The SMILES string of the molecule is CCOC(=O)c1nn(-c2ccc(Cl)cc2)c(=O)cc1O. The molecule has 0 saturated carbocycles. The van der Waals surface area contributed by atoms with Crippen LogP contribution in [0.2, 0.25) is 5.02 Å². The first-order chi connectivity index (χ1) is 9.52. The Hall–Kier alpha value is -2.34. The highest BCUT2D eigenvalue weighted by molar-refractivity contribution is 6.30. The second kappa shape index (κ2) is 5.75. The lowest BCUT2D eigenvalue weighted by Gasteiger charge is -2.08. The number of rotatable bonds is 3. The number of halogens is 1. The Kier molecular flexibility index (Phi) is 4.05. The van der Waals surface area contributed by atoms with Crippen LogP contribution in [0.4, 0.5) is 0 Å². The smallest absolute Gasteiger partial charge is 0.362 e. The highest BCUT2D eigenvalue weighted by Crippen LogP contribution is 2.15. The van der Waals surface area contributed by atoms with Crippen molar-refractivity contribution in [2.75, 3.05) is 6.61 Å². The Morgan fingerprint density at radius 2 is 2.05 bits per heavy atom. The molecule has 20 heavy (non-hydrogen) atoms. The molecule has 0 spiro atoms. The molecule has 0 aliphatic rings. The van der Waals surface area contributed by atoms with Crippen molar-refractivity contribution in [1.29, 1.82) is 0 Å². The number of nitrogens with zero attached hydrogens (tertiary/aromatic N) is 2. The number of hydrogen-bond donors (Lipinski definition) is 1. The molecule has 2 aromatic rings. The third-order valence-corrected chi connectivity index (χ3v) is 2.70. The zero-order valence-electron chi connectivity index (χ0n) is 10.5. The predicted molar refractivity (Wildman–Crippen MR) is 72.5 cm³/mol. The summed E-state index contributed by atoms with van der Waals surface area (Å²) in [5, 5.41) is 13.9. The average molecular weight is 295 g/mol. The van der Waals surface area contributed by atoms with Gasteiger partial charge in [0, 0.05) is 11.1 Å². The molecule has 0 aliphatic heterocycles. The molecule has 0 unspecified atom stereocenters. The summed E-state index contributed by atoms with van der Waals surface area (Å²) < 4.78 is 5.75. The van der Waals surface area contributed by atoms with Crippen molar-refractivity contribution in [2.24, 2.45) is 0 Å². The topological polar surface area (TPSA) is 81.4 Å². The molecule has 0 bridgehead atoms. The monoisotopic (exact) mass is 294 g/mol. The number of esters is 1. The quantitative estimate of drug-likeness (QED) is 0.873. The number of aromatic nitrogens is 2. The van der Waals surface area contributed by atoms with Gasteiger partial charge in [0.1, 0.15) is 0 Å². The first-order valence-electron chi connectivity index (χ1n) is 5.79. The highest BCUT2D eigenvalue weighted by atomic mass is 35.5. The van der Waals surface area contributed by atoms with Crippen molar-refractivity contribution < 1.29 is 14.6 Å². The van der Waals surface area contributed by atoms with Crippen LogP contribution in [0.5, 0.6) is 5.75 Å². The van der Waals surface area contributed by atoms with E-state index in [4.69, 9.17) is 16.3 Å². The molecule has 0 atom stereocenters. The van der Waals surface area contributed by atoms with Crippen LogP contribution in [0.25, 0.3) is 5.69 Å². The fourth-order valence-corrected chi connectivity index (χ4v) is 1.69. The van der Waals surface area contributed by atoms with Crippen molar-refractivity contribution in [2.45, 2.75) is 6.92 Å². The Bertz CT molecular complexity index is 695. The summed E-state index contributed by atoms with van der Waals surface area (Å²) in [5.41, 5.74) is -0.468. The van der Waals surface area contributed by atoms with E-state index in [-0.39, 0.29) is 12.3 Å². The Balaban J connectivity index is 2.54. The summed E-state index contributed by atoms with van der Waals surface area (Å²) in [4.78, 5) is 23.4. The highest BCUT2D eigenvalue weighted by Gasteiger charge is 2.17. The van der Waals surface area contributed by atoms with Crippen LogP contribution >= 0.6 is 11.6 Å². The van der Waals surface area contributed by atoms with E-state index in [1.165, 1.54) is 0 Å². The molecule has 0 saturated heterocycles. The number of carbonyl (C=O) groups is 1. The number of carbonyl (C=O) groups excluding carboxylic acids is 1. The average Bonchev–Trinajstić information content (AvgIpc) is 2.40. The molecule has 1 aromatic heterocycles. The standard InChI is InChI=1S/C13H11ClN2O4/c1-2-20-13(19)12-10(17)7-11(18)16(15-12)9-5-3-8(14)4-6-9/h3-7,17H,2H2,1H3. The molecule has 0 radical (unpaired) electrons. The fraction of sp³-hybridized carbons (Fsp3) is 0.154. The molecule has 1 N–H and O–H groups in total. The molecule has 0 amide bonds. The van der Waals surface area contributed by atoms with E-state index in [0.29, 0.717) is 10.7 Å². The van der Waals surface area contributed by atoms with Crippen LogP contribution in [-0.2, 0) is 4.74 Å². The van der Waals surface area contributed by atoms with Crippen LogP contribution in [0.1, 0.15) is 17.4 Å². The predicted octanol–water partition coefficient (Wildman–Crippen LogP) is 1.77. The molecule has 1 heterocycles. The van der Waals surface area contributed by atoms with E-state index in [9.17, 15) is 14.7 Å². The summed E-state index contributed by atoms with van der Waals surface area (Å²) in [5.74, 6) is -1.31. The van der Waals surface area contributed by atoms with Gasteiger partial charge >= 0.3 is 5.97 Å². The molecule has 104 valence electrons. The largest absolute Gasteiger partial charge is 0.505 e. The fourth-order valence-electron chi connectivity index (χ4n) is 1.56. The normalized spacial score (nSPS) is 10.3. The van der Waals surface area contributed by atoms with E-state index < -0.39 is 17.3 Å². The van der Waals surface area contributed by atoms with Crippen LogP contribution < -0.4 is 5.56 Å². The van der Waals surface area contributed by atoms with Gasteiger partial charge in [0.05, 0.1) is 12.3 Å². The minimum atomic E-state index is -0.798. The van der Waals surface area contributed by atoms with Gasteiger partial charge in [0.15, 0.2) is 5.75 Å². The molecule has 7 heteroatoms. The van der Waals surface area contributed by atoms with E-state index >= 15 is 0 Å². The summed E-state index contributed by atoms with van der Waals surface area (Å²) >= 11 is 5.77. The first kappa shape index (κ1) is 14.1. The Labute approximate surface area is 119 Å². The number of benzene rings is 1. The van der Waals surface area contributed by atoms with Crippen molar-refractivity contribution in [3.05, 3.63) is 51.4 Å². The van der Waals surface area contributed by atoms with Crippen LogP contribution in [0, 0.1) is 0 Å². The first-order valence-corrected chi connectivity index (χ1v) is 6.17. The van der Waals surface area contributed by atoms with Gasteiger partial charge in [0.25, 0.3) is 5.56 Å². The van der Waals surface area contributed by atoms with E-state index in [1.54, 1.807) is 31.2 Å². The van der Waals surface area contributed by atoms with Crippen molar-refractivity contribution in [1.82, 2.24) is 9.78 Å². The lowest BCUT2D eigenvalue weighted by atomic mass is 10.3. The van der Waals surface area contributed by atoms with Crippen LogP contribution in [-0.4, -0.2) is 27.5 Å². The lowest BCUT2D eigenvalue weighted by molar-refractivity contribution is 0.0513. The Morgan fingerprint density at radius 3 is 2.65 bits per heavy atom. The second-order valence-corrected chi connectivity index (χ2v) is 4.26. The van der Waals surface area contributed by atoms with Gasteiger partial charge in [-0.1, -0.05) is 11.6 Å². The van der Waals surface area contributed by atoms with Crippen molar-refractivity contribution in [3.8, 4) is 11.4 Å². The second-order valence-electron chi connectivity index (χ2n) is 3.83. The van der Waals surface area contributed by atoms with Gasteiger partial charge in [-0.25, -0.2) is 4.79 Å². The molecular weight excluding hydrogens is 284 g/mol. The maximum Gasteiger partial charge on any atom is 0.362 e. The molecular formula is C13H11ClN2O4. The van der Waals surface area contributed by atoms with Crippen LogP contribution in [0.15, 0.2) is 35.1 Å². The minimum Gasteiger partial charge on any atom is -0.505 e. The van der Waals surface area contributed by atoms with Gasteiger partial charge in [0.2, 0.25) is 5.69 Å². The van der Waals surface area contributed by atoms with Gasteiger partial charge in [-0.05, 0) is 31.2 Å². The maximum atomic E-state index is 11.8. The molecule has 0 aliphatic carbocycles. The number of hydrogen-bond acceptors (Lipinski definition) is 5. The Morgan fingerprint density at radius 1 is 1.40 bits per heavy atom. The molecule has 6 nitrogen and oxygen atoms in total. The van der Waals surface area contributed by atoms with E-state index in [1.807, 2.05) is 0 Å². The van der Waals surface area contributed by atoms with E-state index in [2.05, 4.69) is 5.10 Å². The minimum absolute atomic E-state index is 0.139. The molecule has 0 fully saturated rings. The van der Waals surface area contributed by atoms with Gasteiger partial charge < -0.3 is 9.84 Å². The third kappa shape index (κ3) is 2.80. The summed E-state index contributed by atoms with van der Waals surface area (Å²) in [6.07, 6.45) is 0. The summed E-state index contributed by atoms with van der Waals surface area (Å²) in [6, 6.07) is 7.23. The zero-order valence-corrected chi connectivity index (χ0v) is 11.3. The third-order valence-electron chi connectivity index (χ3n) is 2.45. The number of ether oxygens (including phenoxy) is 1. The zero-order chi connectivity index (χ0) is 14.7. The summed E-state index contributed by atoms with van der Waals surface area (Å²) in [7, 11) is 0. The van der Waals surface area contributed by atoms with Gasteiger partial charge in [-0.3, -0.25) is 4.79 Å². The van der Waals surface area contributed by atoms with E-state index in [0.717, 1.165) is 10.7 Å². The molecule has 2 rings (SSSR count).